The first-order chi connectivity index (χ1) is 7.67. The van der Waals surface area contributed by atoms with Gasteiger partial charge in [-0.3, -0.25) is 0 Å². The van der Waals surface area contributed by atoms with Crippen LogP contribution in [0.15, 0.2) is 22.7 Å². The molecule has 0 aliphatic rings. The Balaban J connectivity index is 2.45. The monoisotopic (exact) mass is 307 g/mol. The molecule has 1 aromatic carbocycles. The summed E-state index contributed by atoms with van der Waals surface area (Å²) in [7, 11) is 3.23. The lowest BCUT2D eigenvalue weighted by molar-refractivity contribution is -0.0989. The fourth-order valence-electron chi connectivity index (χ4n) is 1.27. The summed E-state index contributed by atoms with van der Waals surface area (Å²) in [5.74, 6) is 0. The third-order valence-corrected chi connectivity index (χ3v) is 3.17. The molecule has 0 aliphatic heterocycles. The normalized spacial score (nSPS) is 11.1. The first-order valence-corrected chi connectivity index (χ1v) is 6.04. The highest BCUT2D eigenvalue weighted by molar-refractivity contribution is 9.10. The highest BCUT2D eigenvalue weighted by Gasteiger charge is 2.05. The van der Waals surface area contributed by atoms with E-state index >= 15 is 0 Å². The van der Waals surface area contributed by atoms with Crippen molar-refractivity contribution in [2.24, 2.45) is 0 Å². The van der Waals surface area contributed by atoms with Gasteiger partial charge in [-0.05, 0) is 23.8 Å². The lowest BCUT2D eigenvalue weighted by Gasteiger charge is -2.14. The second-order valence-corrected chi connectivity index (χ2v) is 4.56. The maximum atomic E-state index is 5.91. The molecule has 0 unspecified atom stereocenters. The molecule has 0 bridgehead atoms. The van der Waals surface area contributed by atoms with E-state index in [9.17, 15) is 0 Å². The maximum absolute atomic E-state index is 5.91. The van der Waals surface area contributed by atoms with Gasteiger partial charge in [0.2, 0.25) is 0 Å². The van der Waals surface area contributed by atoms with Crippen LogP contribution in [0.3, 0.4) is 0 Å². The third-order valence-electron chi connectivity index (χ3n) is 2.16. The molecule has 90 valence electrons. The van der Waals surface area contributed by atoms with E-state index in [0.29, 0.717) is 13.1 Å². The lowest BCUT2D eigenvalue weighted by Crippen LogP contribution is -2.29. The fourth-order valence-corrected chi connectivity index (χ4v) is 1.85. The molecule has 1 N–H and O–H groups in total. The van der Waals surface area contributed by atoms with Crippen LogP contribution >= 0.6 is 27.5 Å². The SMILES string of the molecule is COC(CNCc1cc(Cl)ccc1Br)OC. The van der Waals surface area contributed by atoms with Crippen molar-refractivity contribution in [3.63, 3.8) is 0 Å². The Labute approximate surface area is 109 Å². The van der Waals surface area contributed by atoms with Gasteiger partial charge in [-0.1, -0.05) is 27.5 Å². The molecular formula is C11H15BrClNO2. The number of methoxy groups -OCH3 is 2. The number of halogens is 2. The molecule has 0 atom stereocenters. The van der Waals surface area contributed by atoms with Crippen molar-refractivity contribution in [3.05, 3.63) is 33.3 Å². The molecule has 1 aromatic rings. The van der Waals surface area contributed by atoms with E-state index in [0.717, 1.165) is 15.1 Å². The molecule has 0 saturated heterocycles. The zero-order valence-electron chi connectivity index (χ0n) is 9.30. The molecule has 0 radical (unpaired) electrons. The summed E-state index contributed by atoms with van der Waals surface area (Å²) < 4.78 is 11.2. The minimum atomic E-state index is -0.224. The van der Waals surface area contributed by atoms with Crippen LogP contribution in [0.25, 0.3) is 0 Å². The second-order valence-electron chi connectivity index (χ2n) is 3.27. The average molecular weight is 309 g/mol. The van der Waals surface area contributed by atoms with E-state index in [4.69, 9.17) is 21.1 Å². The van der Waals surface area contributed by atoms with Gasteiger partial charge >= 0.3 is 0 Å². The molecule has 0 aromatic heterocycles. The molecule has 0 saturated carbocycles. The summed E-state index contributed by atoms with van der Waals surface area (Å²) in [5.41, 5.74) is 1.11. The Morgan fingerprint density at radius 1 is 1.38 bits per heavy atom. The molecule has 3 nitrogen and oxygen atoms in total. The van der Waals surface area contributed by atoms with Crippen molar-refractivity contribution in [2.75, 3.05) is 20.8 Å². The summed E-state index contributed by atoms with van der Waals surface area (Å²) in [5, 5.41) is 3.96. The quantitative estimate of drug-likeness (QED) is 0.820. The standard InChI is InChI=1S/C11H15BrClNO2/c1-15-11(16-2)7-14-6-8-5-9(13)3-4-10(8)12/h3-5,11,14H,6-7H2,1-2H3. The first-order valence-electron chi connectivity index (χ1n) is 4.87. The van der Waals surface area contributed by atoms with Crippen LogP contribution in [0.1, 0.15) is 5.56 Å². The predicted molar refractivity (Wildman–Crippen MR) is 68.7 cm³/mol. The van der Waals surface area contributed by atoms with Gasteiger partial charge in [0.25, 0.3) is 0 Å². The Hall–Kier alpha value is -0.130. The van der Waals surface area contributed by atoms with Gasteiger partial charge in [-0.2, -0.15) is 0 Å². The highest BCUT2D eigenvalue weighted by Crippen LogP contribution is 2.20. The zero-order chi connectivity index (χ0) is 12.0. The number of hydrogen-bond acceptors (Lipinski definition) is 3. The van der Waals surface area contributed by atoms with Crippen molar-refractivity contribution in [2.45, 2.75) is 12.8 Å². The van der Waals surface area contributed by atoms with Crippen LogP contribution in [0, 0.1) is 0 Å². The average Bonchev–Trinajstić information content (AvgIpc) is 2.29. The summed E-state index contributed by atoms with van der Waals surface area (Å²) in [6, 6.07) is 5.71. The summed E-state index contributed by atoms with van der Waals surface area (Å²) in [6.07, 6.45) is -0.224. The van der Waals surface area contributed by atoms with Crippen LogP contribution in [-0.2, 0) is 16.0 Å². The molecule has 0 spiro atoms. The van der Waals surface area contributed by atoms with Crippen LogP contribution in [0.4, 0.5) is 0 Å². The minimum Gasteiger partial charge on any atom is -0.355 e. The lowest BCUT2D eigenvalue weighted by atomic mass is 10.2. The van der Waals surface area contributed by atoms with Gasteiger partial charge in [0.1, 0.15) is 0 Å². The minimum absolute atomic E-state index is 0.224. The molecule has 1 rings (SSSR count). The van der Waals surface area contributed by atoms with E-state index in [1.807, 2.05) is 18.2 Å². The molecular weight excluding hydrogens is 293 g/mol. The fraction of sp³-hybridized carbons (Fsp3) is 0.455. The highest BCUT2D eigenvalue weighted by atomic mass is 79.9. The molecule has 0 heterocycles. The van der Waals surface area contributed by atoms with Crippen LogP contribution in [0.5, 0.6) is 0 Å². The van der Waals surface area contributed by atoms with Gasteiger partial charge in [-0.25, -0.2) is 0 Å². The van der Waals surface area contributed by atoms with E-state index < -0.39 is 0 Å². The first kappa shape index (κ1) is 13.9. The number of hydrogen-bond donors (Lipinski definition) is 1. The Bertz CT molecular complexity index is 332. The van der Waals surface area contributed by atoms with Gasteiger partial charge in [0.15, 0.2) is 6.29 Å². The summed E-state index contributed by atoms with van der Waals surface area (Å²) >= 11 is 9.39. The van der Waals surface area contributed by atoms with Gasteiger partial charge in [0.05, 0.1) is 0 Å². The maximum Gasteiger partial charge on any atom is 0.169 e. The Morgan fingerprint density at radius 3 is 2.69 bits per heavy atom. The van der Waals surface area contributed by atoms with Crippen molar-refractivity contribution < 1.29 is 9.47 Å². The van der Waals surface area contributed by atoms with Gasteiger partial charge in [0, 0.05) is 36.8 Å². The van der Waals surface area contributed by atoms with Crippen molar-refractivity contribution >= 4 is 27.5 Å². The molecule has 0 aliphatic carbocycles. The van der Waals surface area contributed by atoms with Crippen LogP contribution < -0.4 is 5.32 Å². The number of benzene rings is 1. The van der Waals surface area contributed by atoms with Crippen LogP contribution in [0.2, 0.25) is 5.02 Å². The van der Waals surface area contributed by atoms with Gasteiger partial charge in [-0.15, -0.1) is 0 Å². The van der Waals surface area contributed by atoms with E-state index in [-0.39, 0.29) is 6.29 Å². The Morgan fingerprint density at radius 2 is 2.06 bits per heavy atom. The predicted octanol–water partition coefficient (Wildman–Crippen LogP) is 2.81. The number of nitrogens with one attached hydrogen (secondary N) is 1. The van der Waals surface area contributed by atoms with Crippen LogP contribution in [-0.4, -0.2) is 27.1 Å². The van der Waals surface area contributed by atoms with Crippen molar-refractivity contribution in [3.8, 4) is 0 Å². The largest absolute Gasteiger partial charge is 0.355 e. The second kappa shape index (κ2) is 7.25. The molecule has 0 fully saturated rings. The molecule has 0 amide bonds. The summed E-state index contributed by atoms with van der Waals surface area (Å²) in [6.45, 7) is 1.34. The number of ether oxygens (including phenoxy) is 2. The summed E-state index contributed by atoms with van der Waals surface area (Å²) in [4.78, 5) is 0. The molecule has 16 heavy (non-hydrogen) atoms. The van der Waals surface area contributed by atoms with Crippen molar-refractivity contribution in [1.82, 2.24) is 5.32 Å². The van der Waals surface area contributed by atoms with Gasteiger partial charge < -0.3 is 14.8 Å². The number of rotatable bonds is 6. The van der Waals surface area contributed by atoms with E-state index in [2.05, 4.69) is 21.2 Å². The smallest absolute Gasteiger partial charge is 0.169 e. The topological polar surface area (TPSA) is 30.5 Å². The van der Waals surface area contributed by atoms with Crippen molar-refractivity contribution in [1.29, 1.82) is 0 Å². The molecule has 5 heteroatoms. The Kier molecular flexibility index (Phi) is 6.31. The van der Waals surface area contributed by atoms with E-state index in [1.165, 1.54) is 0 Å². The zero-order valence-corrected chi connectivity index (χ0v) is 11.6. The van der Waals surface area contributed by atoms with E-state index in [1.54, 1.807) is 14.2 Å². The third kappa shape index (κ3) is 4.39.